The first kappa shape index (κ1) is 15.8. The molecule has 1 aliphatic carbocycles. The summed E-state index contributed by atoms with van der Waals surface area (Å²) in [7, 11) is 0. The summed E-state index contributed by atoms with van der Waals surface area (Å²) in [5.41, 5.74) is 0.387. The Kier molecular flexibility index (Phi) is 5.58. The van der Waals surface area contributed by atoms with E-state index in [9.17, 15) is 0 Å². The second kappa shape index (κ2) is 7.43. The Morgan fingerprint density at radius 3 is 2.62 bits per heavy atom. The van der Waals surface area contributed by atoms with Gasteiger partial charge in [-0.3, -0.25) is 0 Å². The molecule has 3 fully saturated rings. The van der Waals surface area contributed by atoms with Gasteiger partial charge in [0.25, 0.3) is 0 Å². The zero-order valence-corrected chi connectivity index (χ0v) is 13.9. The first-order valence-electron chi connectivity index (χ1n) is 9.33. The second-order valence-electron chi connectivity index (χ2n) is 7.82. The number of hydrogen-bond donors (Lipinski definition) is 1. The molecular formula is C18H34N2O. The molecule has 0 amide bonds. The highest BCUT2D eigenvalue weighted by molar-refractivity contribution is 4.92. The lowest BCUT2D eigenvalue weighted by molar-refractivity contribution is -0.0310. The molecule has 0 aromatic rings. The summed E-state index contributed by atoms with van der Waals surface area (Å²) in [5, 5.41) is 3.78. The van der Waals surface area contributed by atoms with E-state index in [1.807, 2.05) is 0 Å². The van der Waals surface area contributed by atoms with E-state index < -0.39 is 0 Å². The highest BCUT2D eigenvalue weighted by Crippen LogP contribution is 2.32. The molecule has 0 aromatic heterocycles. The number of piperidine rings is 1. The van der Waals surface area contributed by atoms with Crippen LogP contribution in [0.3, 0.4) is 0 Å². The molecule has 21 heavy (non-hydrogen) atoms. The van der Waals surface area contributed by atoms with Gasteiger partial charge < -0.3 is 15.0 Å². The van der Waals surface area contributed by atoms with E-state index in [2.05, 4.69) is 17.1 Å². The van der Waals surface area contributed by atoms with Crippen molar-refractivity contribution in [2.75, 3.05) is 39.4 Å². The van der Waals surface area contributed by atoms with Crippen molar-refractivity contribution in [3.63, 3.8) is 0 Å². The summed E-state index contributed by atoms with van der Waals surface area (Å²) in [6.45, 7) is 9.33. The lowest BCUT2D eigenvalue weighted by Crippen LogP contribution is -2.50. The van der Waals surface area contributed by atoms with E-state index in [0.717, 1.165) is 25.2 Å². The third kappa shape index (κ3) is 4.67. The van der Waals surface area contributed by atoms with Gasteiger partial charge in [0.05, 0.1) is 6.61 Å². The summed E-state index contributed by atoms with van der Waals surface area (Å²) in [6, 6.07) is 0.819. The van der Waals surface area contributed by atoms with Crippen LogP contribution in [0, 0.1) is 11.3 Å². The highest BCUT2D eigenvalue weighted by Gasteiger charge is 2.37. The van der Waals surface area contributed by atoms with E-state index in [1.54, 1.807) is 0 Å². The Morgan fingerprint density at radius 2 is 2.00 bits per heavy atom. The van der Waals surface area contributed by atoms with Gasteiger partial charge >= 0.3 is 0 Å². The molecule has 0 spiro atoms. The number of rotatable bonds is 7. The molecule has 3 nitrogen and oxygen atoms in total. The molecule has 122 valence electrons. The molecule has 1 N–H and O–H groups in total. The van der Waals surface area contributed by atoms with E-state index in [-0.39, 0.29) is 0 Å². The average Bonchev–Trinajstić information content (AvgIpc) is 3.33. The minimum atomic E-state index is 0.387. The fourth-order valence-corrected chi connectivity index (χ4v) is 4.19. The number of nitrogens with zero attached hydrogens (tertiary/aromatic N) is 1. The molecule has 0 bridgehead atoms. The summed E-state index contributed by atoms with van der Waals surface area (Å²) in [6.07, 6.45) is 11.0. The fraction of sp³-hybridized carbons (Fsp3) is 1.00. The first-order chi connectivity index (χ1) is 10.3. The third-order valence-electron chi connectivity index (χ3n) is 5.71. The van der Waals surface area contributed by atoms with E-state index >= 15 is 0 Å². The molecule has 3 aliphatic rings. The smallest absolute Gasteiger partial charge is 0.0546 e. The van der Waals surface area contributed by atoms with Crippen molar-refractivity contribution in [1.29, 1.82) is 0 Å². The van der Waals surface area contributed by atoms with Crippen LogP contribution in [0.1, 0.15) is 58.3 Å². The molecule has 1 saturated carbocycles. The van der Waals surface area contributed by atoms with Gasteiger partial charge in [0.2, 0.25) is 0 Å². The molecule has 0 aromatic carbocycles. The minimum absolute atomic E-state index is 0.387. The van der Waals surface area contributed by atoms with Crippen molar-refractivity contribution in [2.24, 2.45) is 11.3 Å². The predicted molar refractivity (Wildman–Crippen MR) is 87.6 cm³/mol. The fourth-order valence-electron chi connectivity index (χ4n) is 4.19. The van der Waals surface area contributed by atoms with Crippen LogP contribution < -0.4 is 5.32 Å². The van der Waals surface area contributed by atoms with Gasteiger partial charge in [-0.05, 0) is 57.5 Å². The molecule has 0 radical (unpaired) electrons. The second-order valence-corrected chi connectivity index (χ2v) is 7.82. The van der Waals surface area contributed by atoms with Gasteiger partial charge in [0, 0.05) is 31.2 Å². The molecule has 1 unspecified atom stereocenters. The Labute approximate surface area is 130 Å². The van der Waals surface area contributed by atoms with Crippen molar-refractivity contribution >= 4 is 0 Å². The van der Waals surface area contributed by atoms with Gasteiger partial charge in [-0.2, -0.15) is 0 Å². The van der Waals surface area contributed by atoms with Crippen LogP contribution in [-0.4, -0.2) is 50.3 Å². The van der Waals surface area contributed by atoms with Crippen LogP contribution in [0.25, 0.3) is 0 Å². The van der Waals surface area contributed by atoms with Crippen molar-refractivity contribution in [2.45, 2.75) is 64.3 Å². The topological polar surface area (TPSA) is 24.5 Å². The Morgan fingerprint density at radius 1 is 1.19 bits per heavy atom. The zero-order chi connectivity index (χ0) is 14.5. The molecule has 2 aliphatic heterocycles. The first-order valence-corrected chi connectivity index (χ1v) is 9.33. The van der Waals surface area contributed by atoms with Crippen molar-refractivity contribution < 1.29 is 4.74 Å². The maximum absolute atomic E-state index is 5.87. The zero-order valence-electron chi connectivity index (χ0n) is 13.9. The maximum Gasteiger partial charge on any atom is 0.0546 e. The summed E-state index contributed by atoms with van der Waals surface area (Å²) in [5.74, 6) is 0.995. The van der Waals surface area contributed by atoms with Crippen LogP contribution in [-0.2, 0) is 4.74 Å². The van der Waals surface area contributed by atoms with Gasteiger partial charge in [-0.25, -0.2) is 0 Å². The number of hydrogen-bond acceptors (Lipinski definition) is 3. The van der Waals surface area contributed by atoms with Crippen LogP contribution in [0.5, 0.6) is 0 Å². The van der Waals surface area contributed by atoms with Gasteiger partial charge in [0.15, 0.2) is 0 Å². The van der Waals surface area contributed by atoms with Crippen LogP contribution in [0.4, 0.5) is 0 Å². The molecule has 3 heteroatoms. The predicted octanol–water partition coefficient (Wildman–Crippen LogP) is 3.05. The molecule has 3 rings (SSSR count). The Bertz CT molecular complexity index is 302. The lowest BCUT2D eigenvalue weighted by atomic mass is 9.80. The summed E-state index contributed by atoms with van der Waals surface area (Å²) < 4.78 is 5.87. The van der Waals surface area contributed by atoms with E-state index in [4.69, 9.17) is 4.74 Å². The lowest BCUT2D eigenvalue weighted by Gasteiger charge is -2.43. The van der Waals surface area contributed by atoms with E-state index in [1.165, 1.54) is 77.5 Å². The highest BCUT2D eigenvalue weighted by atomic mass is 16.5. The van der Waals surface area contributed by atoms with Gasteiger partial charge in [0.1, 0.15) is 0 Å². The van der Waals surface area contributed by atoms with Crippen molar-refractivity contribution in [3.05, 3.63) is 0 Å². The quantitative estimate of drug-likeness (QED) is 0.781. The van der Waals surface area contributed by atoms with Crippen LogP contribution in [0.15, 0.2) is 0 Å². The molecular weight excluding hydrogens is 260 g/mol. The maximum atomic E-state index is 5.87. The third-order valence-corrected chi connectivity index (χ3v) is 5.71. The molecule has 1 atom stereocenters. The molecule has 2 saturated heterocycles. The Balaban J connectivity index is 1.49. The van der Waals surface area contributed by atoms with Crippen LogP contribution >= 0.6 is 0 Å². The number of likely N-dealkylation sites (tertiary alicyclic amines) is 1. The monoisotopic (exact) mass is 294 g/mol. The largest absolute Gasteiger partial charge is 0.381 e. The van der Waals surface area contributed by atoms with Crippen molar-refractivity contribution in [3.8, 4) is 0 Å². The number of nitrogens with one attached hydrogen (secondary N) is 1. The van der Waals surface area contributed by atoms with Gasteiger partial charge in [-0.1, -0.05) is 19.8 Å². The molecule has 2 heterocycles. The summed E-state index contributed by atoms with van der Waals surface area (Å²) in [4.78, 5) is 2.73. The van der Waals surface area contributed by atoms with Crippen LogP contribution in [0.2, 0.25) is 0 Å². The number of ether oxygens (including phenoxy) is 1. The normalized spacial score (nSPS) is 32.4. The summed E-state index contributed by atoms with van der Waals surface area (Å²) >= 11 is 0. The minimum Gasteiger partial charge on any atom is -0.381 e. The Hall–Kier alpha value is -0.120. The van der Waals surface area contributed by atoms with Crippen molar-refractivity contribution in [1.82, 2.24) is 10.2 Å². The SMILES string of the molecule is CCCC1CCN(CC2(CNC3CC3)CCCOC2)CC1. The van der Waals surface area contributed by atoms with E-state index in [0.29, 0.717) is 5.41 Å². The average molecular weight is 294 g/mol. The van der Waals surface area contributed by atoms with Gasteiger partial charge in [-0.15, -0.1) is 0 Å². The standard InChI is InChI=1S/C18H34N2O/c1-2-4-16-7-10-20(11-8-16)14-18(9-3-12-21-15-18)13-19-17-5-6-17/h16-17,19H,2-15H2,1H3.